The Kier molecular flexibility index (Phi) is 7.18. The van der Waals surface area contributed by atoms with E-state index in [1.54, 1.807) is 0 Å². The van der Waals surface area contributed by atoms with Crippen molar-refractivity contribution in [3.8, 4) is 0 Å². The van der Waals surface area contributed by atoms with Crippen LogP contribution in [-0.2, 0) is 0 Å². The van der Waals surface area contributed by atoms with E-state index in [-0.39, 0.29) is 12.5 Å². The Bertz CT molecular complexity index is 412. The quantitative estimate of drug-likeness (QED) is 0.543. The number of amides is 1. The normalized spacial score (nSPS) is 12.2. The topological polar surface area (TPSA) is 49.3 Å². The third kappa shape index (κ3) is 5.24. The highest BCUT2D eigenvalue weighted by Gasteiger charge is 2.10. The second-order valence-corrected chi connectivity index (χ2v) is 6.39. The molecule has 1 amide bonds. The van der Waals surface area contributed by atoms with E-state index >= 15 is 0 Å². The van der Waals surface area contributed by atoms with Gasteiger partial charge in [0.2, 0.25) is 0 Å². The molecule has 0 radical (unpaired) electrons. The lowest BCUT2D eigenvalue weighted by molar-refractivity contribution is 0.0951. The Labute approximate surface area is 130 Å². The molecule has 1 aromatic rings. The summed E-state index contributed by atoms with van der Waals surface area (Å²) in [6.45, 7) is 2.85. The average molecular weight is 426 g/mol. The van der Waals surface area contributed by atoms with Crippen LogP contribution in [0.2, 0.25) is 0 Å². The summed E-state index contributed by atoms with van der Waals surface area (Å²) in [5, 5.41) is 11.8. The number of hydrogen-bond donors (Lipinski definition) is 2. The number of rotatable bonds is 6. The van der Waals surface area contributed by atoms with Crippen LogP contribution in [0.25, 0.3) is 0 Å². The molecule has 0 aliphatic heterocycles. The Hall–Kier alpha value is -0.140. The van der Waals surface area contributed by atoms with Gasteiger partial charge in [0.25, 0.3) is 5.91 Å². The molecule has 0 aromatic heterocycles. The minimum Gasteiger partial charge on any atom is -0.396 e. The molecule has 0 heterocycles. The SMILES string of the molecule is CC(CO)CCCNC(=O)c1cc(Br)ccc1I. The molecule has 5 heteroatoms. The summed E-state index contributed by atoms with van der Waals surface area (Å²) in [7, 11) is 0. The molecular weight excluding hydrogens is 409 g/mol. The monoisotopic (exact) mass is 425 g/mol. The van der Waals surface area contributed by atoms with Gasteiger partial charge in [-0.1, -0.05) is 22.9 Å². The van der Waals surface area contributed by atoms with E-state index in [9.17, 15) is 4.79 Å². The molecule has 1 rings (SSSR count). The fourth-order valence-electron chi connectivity index (χ4n) is 1.51. The fourth-order valence-corrected chi connectivity index (χ4v) is 2.45. The first-order valence-corrected chi connectivity index (χ1v) is 7.76. The van der Waals surface area contributed by atoms with Crippen molar-refractivity contribution in [3.05, 3.63) is 31.8 Å². The third-order valence-corrected chi connectivity index (χ3v) is 4.08. The van der Waals surface area contributed by atoms with E-state index in [2.05, 4.69) is 43.8 Å². The molecule has 0 aliphatic carbocycles. The summed E-state index contributed by atoms with van der Waals surface area (Å²) in [6, 6.07) is 5.66. The van der Waals surface area contributed by atoms with Crippen LogP contribution >= 0.6 is 38.5 Å². The maximum atomic E-state index is 11.9. The van der Waals surface area contributed by atoms with Crippen LogP contribution in [0.1, 0.15) is 30.1 Å². The number of nitrogens with one attached hydrogen (secondary N) is 1. The van der Waals surface area contributed by atoms with Gasteiger partial charge in [-0.05, 0) is 59.5 Å². The van der Waals surface area contributed by atoms with Crippen molar-refractivity contribution in [2.75, 3.05) is 13.2 Å². The van der Waals surface area contributed by atoms with Crippen LogP contribution in [0.4, 0.5) is 0 Å². The van der Waals surface area contributed by atoms with Crippen molar-refractivity contribution in [2.24, 2.45) is 5.92 Å². The maximum absolute atomic E-state index is 11.9. The number of hydrogen-bond acceptors (Lipinski definition) is 2. The highest BCUT2D eigenvalue weighted by Crippen LogP contribution is 2.18. The molecule has 3 nitrogen and oxygen atoms in total. The number of halogens is 2. The second kappa shape index (κ2) is 8.12. The summed E-state index contributed by atoms with van der Waals surface area (Å²) in [6.07, 6.45) is 1.81. The number of aliphatic hydroxyl groups is 1. The number of carbonyl (C=O) groups is 1. The van der Waals surface area contributed by atoms with Crippen molar-refractivity contribution in [3.63, 3.8) is 0 Å². The zero-order valence-electron chi connectivity index (χ0n) is 10.2. The lowest BCUT2D eigenvalue weighted by Crippen LogP contribution is -2.25. The fraction of sp³-hybridized carbons (Fsp3) is 0.462. The van der Waals surface area contributed by atoms with Crippen molar-refractivity contribution < 1.29 is 9.90 Å². The molecular formula is C13H17BrINO2. The molecule has 18 heavy (non-hydrogen) atoms. The van der Waals surface area contributed by atoms with Gasteiger partial charge in [-0.2, -0.15) is 0 Å². The number of carbonyl (C=O) groups excluding carboxylic acids is 1. The van der Waals surface area contributed by atoms with Gasteiger partial charge in [0, 0.05) is 21.2 Å². The van der Waals surface area contributed by atoms with Crippen LogP contribution in [0.3, 0.4) is 0 Å². The van der Waals surface area contributed by atoms with E-state index in [1.165, 1.54) is 0 Å². The zero-order valence-corrected chi connectivity index (χ0v) is 14.0. The van der Waals surface area contributed by atoms with Gasteiger partial charge in [0.1, 0.15) is 0 Å². The van der Waals surface area contributed by atoms with Gasteiger partial charge in [-0.3, -0.25) is 4.79 Å². The molecule has 0 aliphatic rings. The van der Waals surface area contributed by atoms with Crippen LogP contribution in [0, 0.1) is 9.49 Å². The standard InChI is InChI=1S/C13H17BrINO2/c1-9(8-17)3-2-6-16-13(18)11-7-10(14)4-5-12(11)15/h4-5,7,9,17H,2-3,6,8H2,1H3,(H,16,18). The smallest absolute Gasteiger partial charge is 0.252 e. The first-order valence-electron chi connectivity index (χ1n) is 5.88. The summed E-state index contributed by atoms with van der Waals surface area (Å²) in [4.78, 5) is 11.9. The van der Waals surface area contributed by atoms with Crippen LogP contribution in [-0.4, -0.2) is 24.2 Å². The molecule has 1 atom stereocenters. The molecule has 100 valence electrons. The van der Waals surface area contributed by atoms with E-state index in [0.717, 1.165) is 20.9 Å². The van der Waals surface area contributed by atoms with Gasteiger partial charge in [-0.25, -0.2) is 0 Å². The molecule has 0 spiro atoms. The zero-order chi connectivity index (χ0) is 13.5. The molecule has 0 fully saturated rings. The van der Waals surface area contributed by atoms with E-state index in [4.69, 9.17) is 5.11 Å². The highest BCUT2D eigenvalue weighted by molar-refractivity contribution is 14.1. The summed E-state index contributed by atoms with van der Waals surface area (Å²) in [5.41, 5.74) is 0.695. The Balaban J connectivity index is 2.43. The highest BCUT2D eigenvalue weighted by atomic mass is 127. The number of aliphatic hydroxyl groups excluding tert-OH is 1. The molecule has 0 saturated carbocycles. The van der Waals surface area contributed by atoms with E-state index in [0.29, 0.717) is 18.0 Å². The van der Waals surface area contributed by atoms with Gasteiger partial charge in [0.15, 0.2) is 0 Å². The third-order valence-electron chi connectivity index (χ3n) is 2.64. The lowest BCUT2D eigenvalue weighted by Gasteiger charge is -2.09. The van der Waals surface area contributed by atoms with Crippen LogP contribution in [0.15, 0.2) is 22.7 Å². The van der Waals surface area contributed by atoms with Gasteiger partial charge in [0.05, 0.1) is 5.56 Å². The van der Waals surface area contributed by atoms with E-state index < -0.39 is 0 Å². The van der Waals surface area contributed by atoms with Crippen molar-refractivity contribution in [1.82, 2.24) is 5.32 Å². The molecule has 0 bridgehead atoms. The van der Waals surface area contributed by atoms with Crippen molar-refractivity contribution >= 4 is 44.4 Å². The van der Waals surface area contributed by atoms with Gasteiger partial charge < -0.3 is 10.4 Å². The molecule has 0 saturated heterocycles. The number of benzene rings is 1. The van der Waals surface area contributed by atoms with Gasteiger partial charge >= 0.3 is 0 Å². The summed E-state index contributed by atoms with van der Waals surface area (Å²) in [5.74, 6) is 0.255. The van der Waals surface area contributed by atoms with Crippen LogP contribution in [0.5, 0.6) is 0 Å². The predicted octanol–water partition coefficient (Wildman–Crippen LogP) is 3.19. The van der Waals surface area contributed by atoms with E-state index in [1.807, 2.05) is 25.1 Å². The summed E-state index contributed by atoms with van der Waals surface area (Å²) < 4.78 is 1.85. The minimum atomic E-state index is -0.0441. The van der Waals surface area contributed by atoms with Crippen molar-refractivity contribution in [2.45, 2.75) is 19.8 Å². The molecule has 1 aromatic carbocycles. The maximum Gasteiger partial charge on any atom is 0.252 e. The van der Waals surface area contributed by atoms with Crippen molar-refractivity contribution in [1.29, 1.82) is 0 Å². The Morgan fingerprint density at radius 2 is 2.28 bits per heavy atom. The first-order chi connectivity index (χ1) is 8.54. The minimum absolute atomic E-state index is 0.0441. The second-order valence-electron chi connectivity index (χ2n) is 4.31. The molecule has 2 N–H and O–H groups in total. The average Bonchev–Trinajstić information content (AvgIpc) is 2.36. The Morgan fingerprint density at radius 3 is 2.94 bits per heavy atom. The lowest BCUT2D eigenvalue weighted by atomic mass is 10.1. The van der Waals surface area contributed by atoms with Gasteiger partial charge in [-0.15, -0.1) is 0 Å². The first kappa shape index (κ1) is 15.9. The Morgan fingerprint density at radius 1 is 1.56 bits per heavy atom. The van der Waals surface area contributed by atoms with Crippen LogP contribution < -0.4 is 5.32 Å². The largest absolute Gasteiger partial charge is 0.396 e. The summed E-state index contributed by atoms with van der Waals surface area (Å²) >= 11 is 5.52. The molecule has 1 unspecified atom stereocenters. The predicted molar refractivity (Wildman–Crippen MR) is 84.7 cm³/mol.